The van der Waals surface area contributed by atoms with Gasteiger partial charge in [0.15, 0.2) is 0 Å². The molecule has 0 radical (unpaired) electrons. The maximum absolute atomic E-state index is 13.1. The van der Waals surface area contributed by atoms with E-state index in [1.807, 2.05) is 78.9 Å². The van der Waals surface area contributed by atoms with Gasteiger partial charge in [0, 0.05) is 5.69 Å². The van der Waals surface area contributed by atoms with Gasteiger partial charge in [-0.3, -0.25) is 4.79 Å². The lowest BCUT2D eigenvalue weighted by molar-refractivity contribution is 0.102. The fourth-order valence-corrected chi connectivity index (χ4v) is 4.26. The zero-order valence-corrected chi connectivity index (χ0v) is 18.1. The third kappa shape index (κ3) is 3.53. The predicted molar refractivity (Wildman–Crippen MR) is 125 cm³/mol. The van der Waals surface area contributed by atoms with Crippen LogP contribution in [0.25, 0.3) is 27.5 Å². The summed E-state index contributed by atoms with van der Waals surface area (Å²) < 4.78 is 6.28. The van der Waals surface area contributed by atoms with Crippen molar-refractivity contribution >= 4 is 49.3 Å². The zero-order valence-electron chi connectivity index (χ0n) is 16.5. The fourth-order valence-electron chi connectivity index (χ4n) is 3.52. The number of methoxy groups -OCH3 is 1. The van der Waals surface area contributed by atoms with Crippen LogP contribution in [0.2, 0.25) is 0 Å². The summed E-state index contributed by atoms with van der Waals surface area (Å²) in [6.07, 6.45) is 0. The molecule has 0 spiro atoms. The van der Waals surface area contributed by atoms with E-state index in [1.54, 1.807) is 11.9 Å². The molecule has 0 aliphatic rings. The number of carbonyl (C=O) groups is 1. The minimum absolute atomic E-state index is 0.266. The van der Waals surface area contributed by atoms with Crippen molar-refractivity contribution in [1.82, 2.24) is 15.0 Å². The molecule has 0 saturated heterocycles. The monoisotopic (exact) mass is 472 g/mol. The summed E-state index contributed by atoms with van der Waals surface area (Å²) in [5, 5.41) is 13.9. The van der Waals surface area contributed by atoms with Gasteiger partial charge in [-0.15, -0.1) is 10.2 Å². The lowest BCUT2D eigenvalue weighted by Crippen LogP contribution is -2.13. The second-order valence-electron chi connectivity index (χ2n) is 6.98. The molecule has 5 aromatic rings. The first-order valence-corrected chi connectivity index (χ1v) is 10.4. The maximum atomic E-state index is 13.1. The molecule has 7 heteroatoms. The number of para-hydroxylation sites is 1. The molecule has 4 aromatic carbocycles. The van der Waals surface area contributed by atoms with E-state index in [4.69, 9.17) is 4.74 Å². The SMILES string of the molecule is COc1c(C(=O)Nc2ccc3nn(-c4ccccc4)nc3c2)cc2ccccc2c1Br. The van der Waals surface area contributed by atoms with Crippen LogP contribution in [0.3, 0.4) is 0 Å². The van der Waals surface area contributed by atoms with Gasteiger partial charge in [0.2, 0.25) is 0 Å². The van der Waals surface area contributed by atoms with Gasteiger partial charge in [0.05, 0.1) is 22.8 Å². The number of benzene rings is 4. The average Bonchev–Trinajstić information content (AvgIpc) is 3.23. The van der Waals surface area contributed by atoms with Crippen LogP contribution < -0.4 is 10.1 Å². The van der Waals surface area contributed by atoms with Gasteiger partial charge in [0.25, 0.3) is 5.91 Å². The molecule has 1 N–H and O–H groups in total. The minimum Gasteiger partial charge on any atom is -0.495 e. The first kappa shape index (κ1) is 19.3. The van der Waals surface area contributed by atoms with Crippen molar-refractivity contribution in [3.63, 3.8) is 0 Å². The van der Waals surface area contributed by atoms with Crippen molar-refractivity contribution in [2.75, 3.05) is 12.4 Å². The van der Waals surface area contributed by atoms with Crippen molar-refractivity contribution < 1.29 is 9.53 Å². The Kier molecular flexibility index (Phi) is 4.88. The second kappa shape index (κ2) is 7.85. The van der Waals surface area contributed by atoms with Crippen LogP contribution in [0.5, 0.6) is 5.75 Å². The van der Waals surface area contributed by atoms with Gasteiger partial charge in [-0.2, -0.15) is 4.80 Å². The third-order valence-electron chi connectivity index (χ3n) is 5.02. The van der Waals surface area contributed by atoms with Crippen LogP contribution in [0.1, 0.15) is 10.4 Å². The number of aromatic nitrogens is 3. The number of hydrogen-bond donors (Lipinski definition) is 1. The Balaban J connectivity index is 1.49. The lowest BCUT2D eigenvalue weighted by Gasteiger charge is -2.13. The lowest BCUT2D eigenvalue weighted by atomic mass is 10.1. The third-order valence-corrected chi connectivity index (χ3v) is 5.80. The van der Waals surface area contributed by atoms with Crippen molar-refractivity contribution in [2.24, 2.45) is 0 Å². The van der Waals surface area contributed by atoms with Crippen LogP contribution in [0, 0.1) is 0 Å². The molecule has 0 saturated carbocycles. The number of carbonyl (C=O) groups excluding carboxylic acids is 1. The van der Waals surface area contributed by atoms with Crippen molar-refractivity contribution in [1.29, 1.82) is 0 Å². The molecule has 152 valence electrons. The minimum atomic E-state index is -0.266. The Morgan fingerprint density at radius 3 is 2.48 bits per heavy atom. The molecular weight excluding hydrogens is 456 g/mol. The quantitative estimate of drug-likeness (QED) is 0.369. The zero-order chi connectivity index (χ0) is 21.4. The number of anilines is 1. The highest BCUT2D eigenvalue weighted by molar-refractivity contribution is 9.10. The van der Waals surface area contributed by atoms with Crippen molar-refractivity contribution in [2.45, 2.75) is 0 Å². The summed E-state index contributed by atoms with van der Waals surface area (Å²) in [7, 11) is 1.56. The highest BCUT2D eigenvalue weighted by Crippen LogP contribution is 2.37. The Bertz CT molecular complexity index is 1430. The summed E-state index contributed by atoms with van der Waals surface area (Å²) in [6, 6.07) is 24.8. The summed E-state index contributed by atoms with van der Waals surface area (Å²) in [6.45, 7) is 0. The van der Waals surface area contributed by atoms with E-state index in [9.17, 15) is 4.79 Å². The molecule has 31 heavy (non-hydrogen) atoms. The van der Waals surface area contributed by atoms with Gasteiger partial charge < -0.3 is 10.1 Å². The van der Waals surface area contributed by atoms with E-state index < -0.39 is 0 Å². The van der Waals surface area contributed by atoms with E-state index in [1.165, 1.54) is 0 Å². The largest absolute Gasteiger partial charge is 0.495 e. The Morgan fingerprint density at radius 2 is 1.68 bits per heavy atom. The summed E-state index contributed by atoms with van der Waals surface area (Å²) in [5.74, 6) is 0.227. The first-order chi connectivity index (χ1) is 15.1. The molecule has 5 rings (SSSR count). The topological polar surface area (TPSA) is 69.0 Å². The Morgan fingerprint density at radius 1 is 0.935 bits per heavy atom. The van der Waals surface area contributed by atoms with Gasteiger partial charge in [0.1, 0.15) is 16.8 Å². The molecule has 0 unspecified atom stereocenters. The number of hydrogen-bond acceptors (Lipinski definition) is 4. The van der Waals surface area contributed by atoms with Gasteiger partial charge >= 0.3 is 0 Å². The van der Waals surface area contributed by atoms with Gasteiger partial charge in [-0.25, -0.2) is 0 Å². The predicted octanol–water partition coefficient (Wildman–Crippen LogP) is 5.60. The first-order valence-electron chi connectivity index (χ1n) is 9.63. The van der Waals surface area contributed by atoms with Crippen molar-refractivity contribution in [3.8, 4) is 11.4 Å². The van der Waals surface area contributed by atoms with Crippen LogP contribution in [-0.2, 0) is 0 Å². The molecular formula is C24H17BrN4O2. The van der Waals surface area contributed by atoms with Gasteiger partial charge in [-0.1, -0.05) is 42.5 Å². The molecule has 1 aromatic heterocycles. The Labute approximate surface area is 186 Å². The molecule has 6 nitrogen and oxygen atoms in total. The van der Waals surface area contributed by atoms with Crippen LogP contribution in [0.4, 0.5) is 5.69 Å². The summed E-state index contributed by atoms with van der Waals surface area (Å²) >= 11 is 3.58. The Hall–Kier alpha value is -3.71. The highest BCUT2D eigenvalue weighted by atomic mass is 79.9. The summed E-state index contributed by atoms with van der Waals surface area (Å²) in [5.41, 5.74) is 3.38. The molecule has 0 atom stereocenters. The number of ether oxygens (including phenoxy) is 1. The van der Waals surface area contributed by atoms with Gasteiger partial charge in [-0.05, 0) is 63.1 Å². The maximum Gasteiger partial charge on any atom is 0.259 e. The number of nitrogens with zero attached hydrogens (tertiary/aromatic N) is 3. The fraction of sp³-hybridized carbons (Fsp3) is 0.0417. The number of nitrogens with one attached hydrogen (secondary N) is 1. The van der Waals surface area contributed by atoms with E-state index in [0.29, 0.717) is 22.5 Å². The van der Waals surface area contributed by atoms with E-state index in [0.717, 1.165) is 26.4 Å². The number of rotatable bonds is 4. The smallest absolute Gasteiger partial charge is 0.259 e. The van der Waals surface area contributed by atoms with E-state index >= 15 is 0 Å². The molecule has 0 aliphatic carbocycles. The highest BCUT2D eigenvalue weighted by Gasteiger charge is 2.18. The van der Waals surface area contributed by atoms with Crippen molar-refractivity contribution in [3.05, 3.63) is 88.9 Å². The standard InChI is InChI=1S/C24H17BrN4O2/c1-31-23-19(13-15-7-5-6-10-18(15)22(23)25)24(30)26-16-11-12-20-21(14-16)28-29(27-20)17-8-3-2-4-9-17/h2-14H,1H3,(H,26,30). The number of halogens is 1. The molecule has 0 fully saturated rings. The number of fused-ring (bicyclic) bond motifs is 2. The van der Waals surface area contributed by atoms with Crippen LogP contribution in [0.15, 0.2) is 83.3 Å². The van der Waals surface area contributed by atoms with E-state index in [2.05, 4.69) is 31.4 Å². The average molecular weight is 473 g/mol. The van der Waals surface area contributed by atoms with Crippen LogP contribution in [-0.4, -0.2) is 28.0 Å². The van der Waals surface area contributed by atoms with Crippen LogP contribution >= 0.6 is 15.9 Å². The van der Waals surface area contributed by atoms with E-state index in [-0.39, 0.29) is 5.91 Å². The molecule has 0 bridgehead atoms. The second-order valence-corrected chi connectivity index (χ2v) is 7.77. The normalized spacial score (nSPS) is 11.0. The summed E-state index contributed by atoms with van der Waals surface area (Å²) in [4.78, 5) is 14.7. The molecule has 1 amide bonds. The molecule has 0 aliphatic heterocycles. The number of amides is 1. The molecule has 1 heterocycles.